The van der Waals surface area contributed by atoms with Crippen molar-refractivity contribution in [2.45, 2.75) is 33.1 Å². The van der Waals surface area contributed by atoms with Gasteiger partial charge in [0.25, 0.3) is 0 Å². The number of hydrogen-bond acceptors (Lipinski definition) is 3. The lowest BCUT2D eigenvalue weighted by molar-refractivity contribution is -0.159. The zero-order chi connectivity index (χ0) is 14.4. The molecule has 2 bridgehead atoms. The van der Waals surface area contributed by atoms with Gasteiger partial charge in [-0.1, -0.05) is 13.8 Å². The second kappa shape index (κ2) is 3.40. The van der Waals surface area contributed by atoms with Gasteiger partial charge in [-0.15, -0.1) is 0 Å². The molecule has 0 aromatic heterocycles. The fourth-order valence-electron chi connectivity index (χ4n) is 7.38. The van der Waals surface area contributed by atoms with Crippen molar-refractivity contribution in [3.8, 4) is 0 Å². The predicted octanol–water partition coefficient (Wildman–Crippen LogP) is 2.18. The normalized spacial score (nSPS) is 57.5. The number of aliphatic carboxylic acids is 1. The first-order valence-electron chi connectivity index (χ1n) is 7.77. The van der Waals surface area contributed by atoms with Crippen LogP contribution in [0.5, 0.6) is 0 Å². The molecule has 4 nitrogen and oxygen atoms in total. The van der Waals surface area contributed by atoms with Crippen molar-refractivity contribution in [3.63, 3.8) is 0 Å². The molecule has 0 amide bonds. The van der Waals surface area contributed by atoms with Crippen molar-refractivity contribution in [2.24, 2.45) is 46.3 Å². The number of carboxylic acids is 1. The fourth-order valence-corrected chi connectivity index (χ4v) is 7.38. The average Bonchev–Trinajstić information content (AvgIpc) is 2.74. The Labute approximate surface area is 118 Å². The van der Waals surface area contributed by atoms with Crippen LogP contribution in [0.4, 0.5) is 0 Å². The van der Waals surface area contributed by atoms with Crippen LogP contribution in [0, 0.1) is 46.3 Å². The SMILES string of the molecule is CCC12CC3CC1C1(C(C)C31)C(C(=O)OC)C2C(=O)O. The number of hydrogen-bond donors (Lipinski definition) is 1. The molecule has 1 spiro atoms. The summed E-state index contributed by atoms with van der Waals surface area (Å²) >= 11 is 0. The van der Waals surface area contributed by atoms with Gasteiger partial charge in [0.1, 0.15) is 0 Å². The van der Waals surface area contributed by atoms with Gasteiger partial charge in [-0.05, 0) is 53.8 Å². The quantitative estimate of drug-likeness (QED) is 0.804. The van der Waals surface area contributed by atoms with Crippen molar-refractivity contribution >= 4 is 11.9 Å². The van der Waals surface area contributed by atoms with Gasteiger partial charge in [0.05, 0.1) is 18.9 Å². The lowest BCUT2D eigenvalue weighted by Crippen LogP contribution is -2.38. The minimum Gasteiger partial charge on any atom is -0.481 e. The Morgan fingerprint density at radius 3 is 2.60 bits per heavy atom. The Hall–Kier alpha value is -1.06. The van der Waals surface area contributed by atoms with Gasteiger partial charge >= 0.3 is 11.9 Å². The van der Waals surface area contributed by atoms with Crippen LogP contribution in [-0.4, -0.2) is 24.2 Å². The molecule has 0 aromatic carbocycles. The molecule has 8 unspecified atom stereocenters. The molecule has 4 rings (SSSR count). The minimum absolute atomic E-state index is 0.0466. The highest BCUT2D eigenvalue weighted by Crippen LogP contribution is 2.90. The fraction of sp³-hybridized carbons (Fsp3) is 0.875. The molecule has 0 heterocycles. The first kappa shape index (κ1) is 12.7. The molecule has 8 atom stereocenters. The van der Waals surface area contributed by atoms with Crippen LogP contribution in [0.25, 0.3) is 0 Å². The number of carbonyl (C=O) groups is 2. The lowest BCUT2D eigenvalue weighted by Gasteiger charge is -2.35. The molecular formula is C16H22O4. The molecule has 110 valence electrons. The van der Waals surface area contributed by atoms with Gasteiger partial charge in [-0.3, -0.25) is 9.59 Å². The number of methoxy groups -OCH3 is 1. The van der Waals surface area contributed by atoms with E-state index in [4.69, 9.17) is 4.74 Å². The van der Waals surface area contributed by atoms with Crippen molar-refractivity contribution in [2.75, 3.05) is 7.11 Å². The molecule has 0 saturated heterocycles. The van der Waals surface area contributed by atoms with Crippen LogP contribution in [0.3, 0.4) is 0 Å². The highest BCUT2D eigenvalue weighted by molar-refractivity contribution is 5.85. The second-order valence-corrected chi connectivity index (χ2v) is 7.47. The van der Waals surface area contributed by atoms with E-state index in [1.165, 1.54) is 7.11 Å². The van der Waals surface area contributed by atoms with E-state index in [9.17, 15) is 14.7 Å². The molecule has 0 radical (unpaired) electrons. The predicted molar refractivity (Wildman–Crippen MR) is 70.7 cm³/mol. The number of fused-ring (bicyclic) bond motifs is 2. The molecule has 20 heavy (non-hydrogen) atoms. The third-order valence-corrected chi connectivity index (χ3v) is 7.65. The molecule has 4 fully saturated rings. The maximum atomic E-state index is 12.4. The first-order chi connectivity index (χ1) is 9.46. The third kappa shape index (κ3) is 0.961. The molecule has 0 aromatic rings. The zero-order valence-corrected chi connectivity index (χ0v) is 12.3. The van der Waals surface area contributed by atoms with Crippen LogP contribution in [0.15, 0.2) is 0 Å². The van der Waals surface area contributed by atoms with Crippen LogP contribution in [0.1, 0.15) is 33.1 Å². The summed E-state index contributed by atoms with van der Waals surface area (Å²) in [6, 6.07) is 0. The highest BCUT2D eigenvalue weighted by Gasteiger charge is 2.89. The van der Waals surface area contributed by atoms with Crippen molar-refractivity contribution in [1.29, 1.82) is 0 Å². The Morgan fingerprint density at radius 1 is 1.35 bits per heavy atom. The van der Waals surface area contributed by atoms with Crippen LogP contribution < -0.4 is 0 Å². The number of esters is 1. The van der Waals surface area contributed by atoms with E-state index in [2.05, 4.69) is 13.8 Å². The van der Waals surface area contributed by atoms with Crippen LogP contribution >= 0.6 is 0 Å². The van der Waals surface area contributed by atoms with E-state index in [1.807, 2.05) is 0 Å². The van der Waals surface area contributed by atoms with Crippen LogP contribution in [0.2, 0.25) is 0 Å². The summed E-state index contributed by atoms with van der Waals surface area (Å²) in [5, 5.41) is 9.82. The third-order valence-electron chi connectivity index (χ3n) is 7.65. The van der Waals surface area contributed by atoms with Crippen LogP contribution in [-0.2, 0) is 14.3 Å². The molecule has 4 aliphatic rings. The summed E-state index contributed by atoms with van der Waals surface area (Å²) < 4.78 is 5.02. The molecule has 4 heteroatoms. The van der Waals surface area contributed by atoms with E-state index in [0.29, 0.717) is 23.7 Å². The van der Waals surface area contributed by atoms with Crippen molar-refractivity contribution in [3.05, 3.63) is 0 Å². The van der Waals surface area contributed by atoms with E-state index >= 15 is 0 Å². The summed E-state index contributed by atoms with van der Waals surface area (Å²) in [7, 11) is 1.39. The van der Waals surface area contributed by atoms with E-state index in [0.717, 1.165) is 19.3 Å². The smallest absolute Gasteiger partial charge is 0.310 e. The Balaban J connectivity index is 1.90. The van der Waals surface area contributed by atoms with E-state index < -0.39 is 17.8 Å². The zero-order valence-electron chi connectivity index (χ0n) is 12.3. The van der Waals surface area contributed by atoms with Gasteiger partial charge in [-0.25, -0.2) is 0 Å². The maximum absolute atomic E-state index is 12.4. The molecule has 0 aliphatic heterocycles. The molecule has 4 saturated carbocycles. The second-order valence-electron chi connectivity index (χ2n) is 7.47. The number of carboxylic acid groups (broad SMARTS) is 1. The Kier molecular flexibility index (Phi) is 2.15. The standard InChI is InChI=1S/C16H22O4/c1-4-15-6-8-5-9(15)16(7(2)10(8)16)12(14(19)20-3)11(15)13(17)18/h7-12H,4-6H2,1-3H3,(H,17,18). The van der Waals surface area contributed by atoms with Gasteiger partial charge in [0, 0.05) is 0 Å². The van der Waals surface area contributed by atoms with Gasteiger partial charge in [-0.2, -0.15) is 0 Å². The van der Waals surface area contributed by atoms with Crippen molar-refractivity contribution < 1.29 is 19.4 Å². The van der Waals surface area contributed by atoms with Gasteiger partial charge < -0.3 is 9.84 Å². The monoisotopic (exact) mass is 278 g/mol. The largest absolute Gasteiger partial charge is 0.481 e. The summed E-state index contributed by atoms with van der Waals surface area (Å²) in [5.41, 5.74) is -0.203. The Morgan fingerprint density at radius 2 is 2.05 bits per heavy atom. The molecule has 1 N–H and O–H groups in total. The number of carbonyl (C=O) groups excluding carboxylic acids is 1. The summed E-state index contributed by atoms with van der Waals surface area (Å²) in [6.07, 6.45) is 3.02. The minimum atomic E-state index is -0.787. The topological polar surface area (TPSA) is 63.6 Å². The van der Waals surface area contributed by atoms with E-state index in [-0.39, 0.29) is 16.8 Å². The summed E-state index contributed by atoms with van der Waals surface area (Å²) in [4.78, 5) is 24.3. The highest BCUT2D eigenvalue weighted by atomic mass is 16.5. The lowest BCUT2D eigenvalue weighted by atomic mass is 9.68. The number of rotatable bonds is 3. The number of ether oxygens (including phenoxy) is 1. The summed E-state index contributed by atoms with van der Waals surface area (Å²) in [5.74, 6) is 0.113. The first-order valence-corrected chi connectivity index (χ1v) is 7.77. The van der Waals surface area contributed by atoms with Crippen molar-refractivity contribution in [1.82, 2.24) is 0 Å². The molecule has 4 aliphatic carbocycles. The maximum Gasteiger partial charge on any atom is 0.310 e. The van der Waals surface area contributed by atoms with E-state index in [1.54, 1.807) is 0 Å². The Bertz CT molecular complexity index is 515. The molecular weight excluding hydrogens is 256 g/mol. The summed E-state index contributed by atoms with van der Waals surface area (Å²) in [6.45, 7) is 4.32. The average molecular weight is 278 g/mol. The van der Waals surface area contributed by atoms with Gasteiger partial charge in [0.2, 0.25) is 0 Å². The van der Waals surface area contributed by atoms with Gasteiger partial charge in [0.15, 0.2) is 0 Å².